The van der Waals surface area contributed by atoms with Crippen LogP contribution in [-0.2, 0) is 18.8 Å². The fourth-order valence-corrected chi connectivity index (χ4v) is 4.40. The van der Waals surface area contributed by atoms with Crippen molar-refractivity contribution in [2.75, 3.05) is 7.11 Å². The zero-order valence-corrected chi connectivity index (χ0v) is 18.3. The number of hydrogen-bond donors (Lipinski definition) is 0. The van der Waals surface area contributed by atoms with Crippen molar-refractivity contribution in [2.24, 2.45) is 0 Å². The molecule has 0 aliphatic rings. The predicted octanol–water partition coefficient (Wildman–Crippen LogP) is 4.06. The minimum absolute atomic E-state index is 0.111. The van der Waals surface area contributed by atoms with Gasteiger partial charge in [0.25, 0.3) is 5.56 Å². The van der Waals surface area contributed by atoms with Crippen molar-refractivity contribution >= 4 is 40.6 Å². The van der Waals surface area contributed by atoms with Crippen molar-refractivity contribution in [3.63, 3.8) is 0 Å². The number of para-hydroxylation sites is 1. The monoisotopic (exact) mass is 454 g/mol. The largest absolute Gasteiger partial charge is 0.496 e. The summed E-state index contributed by atoms with van der Waals surface area (Å²) in [4.78, 5) is 29.1. The third kappa shape index (κ3) is 4.65. The van der Waals surface area contributed by atoms with Crippen LogP contribution in [0.25, 0.3) is 10.9 Å². The number of fused-ring (bicyclic) bond motifs is 1. The van der Waals surface area contributed by atoms with Crippen LogP contribution < -0.4 is 10.3 Å². The van der Waals surface area contributed by atoms with Crippen LogP contribution in [0, 0.1) is 0 Å². The summed E-state index contributed by atoms with van der Waals surface area (Å²) >= 11 is 7.37. The summed E-state index contributed by atoms with van der Waals surface area (Å²) < 4.78 is 8.76. The lowest BCUT2D eigenvalue weighted by Crippen LogP contribution is -2.25. The molecule has 2 heterocycles. The van der Waals surface area contributed by atoms with E-state index in [2.05, 4.69) is 5.10 Å². The molecule has 0 fully saturated rings. The van der Waals surface area contributed by atoms with Gasteiger partial charge in [-0.2, -0.15) is 5.10 Å². The molecule has 2 aromatic heterocycles. The average Bonchev–Trinajstić information content (AvgIpc) is 3.22. The highest BCUT2D eigenvalue weighted by Gasteiger charge is 2.14. The Morgan fingerprint density at radius 1 is 1.19 bits per heavy atom. The first-order chi connectivity index (χ1) is 15.1. The smallest absolute Gasteiger partial charge is 0.262 e. The Morgan fingerprint density at radius 3 is 2.77 bits per heavy atom. The Hall–Kier alpha value is -3.10. The molecule has 0 spiro atoms. The van der Waals surface area contributed by atoms with Crippen LogP contribution in [0.5, 0.6) is 5.75 Å². The fraction of sp³-hybridized carbons (Fsp3) is 0.182. The fourth-order valence-electron chi connectivity index (χ4n) is 3.25. The van der Waals surface area contributed by atoms with Crippen LogP contribution in [0.4, 0.5) is 0 Å². The van der Waals surface area contributed by atoms with Gasteiger partial charge in [-0.05, 0) is 30.3 Å². The number of carbonyl (C=O) groups is 1. The second-order valence-electron chi connectivity index (χ2n) is 6.77. The van der Waals surface area contributed by atoms with Gasteiger partial charge in [-0.3, -0.25) is 18.8 Å². The lowest BCUT2D eigenvalue weighted by atomic mass is 10.1. The van der Waals surface area contributed by atoms with Gasteiger partial charge in [-0.1, -0.05) is 35.5 Å². The number of hydrogen-bond acceptors (Lipinski definition) is 6. The van der Waals surface area contributed by atoms with E-state index >= 15 is 0 Å². The molecule has 4 rings (SSSR count). The molecule has 0 amide bonds. The van der Waals surface area contributed by atoms with Gasteiger partial charge in [0.05, 0.1) is 35.8 Å². The van der Waals surface area contributed by atoms with E-state index in [1.54, 1.807) is 53.0 Å². The highest BCUT2D eigenvalue weighted by molar-refractivity contribution is 7.98. The van der Waals surface area contributed by atoms with Crippen LogP contribution in [-0.4, -0.2) is 32.7 Å². The van der Waals surface area contributed by atoms with Crippen LogP contribution in [0.15, 0.2) is 64.8 Å². The van der Waals surface area contributed by atoms with E-state index in [0.717, 1.165) is 11.8 Å². The number of aromatic nitrogens is 4. The summed E-state index contributed by atoms with van der Waals surface area (Å²) in [5.41, 5.74) is 1.95. The Kier molecular flexibility index (Phi) is 6.39. The molecule has 7 nitrogen and oxygen atoms in total. The van der Waals surface area contributed by atoms with Gasteiger partial charge >= 0.3 is 0 Å². The standard InChI is InChI=1S/C22H19ClN4O3S/c1-30-20-7-6-15(13-28)10-16(20)14-31-22-25-19-5-3-2-4-18(19)21(29)27(22)9-8-26-12-17(23)11-24-26/h2-7,10-13H,8-9,14H2,1H3. The van der Waals surface area contributed by atoms with Gasteiger partial charge in [-0.15, -0.1) is 0 Å². The number of methoxy groups -OCH3 is 1. The van der Waals surface area contributed by atoms with Crippen LogP contribution in [0.2, 0.25) is 5.02 Å². The minimum atomic E-state index is -0.111. The van der Waals surface area contributed by atoms with E-state index in [9.17, 15) is 9.59 Å². The van der Waals surface area contributed by atoms with Gasteiger partial charge < -0.3 is 4.74 Å². The van der Waals surface area contributed by atoms with Crippen molar-refractivity contribution in [3.8, 4) is 5.75 Å². The summed E-state index contributed by atoms with van der Waals surface area (Å²) in [7, 11) is 1.59. The number of carbonyl (C=O) groups excluding carboxylic acids is 1. The van der Waals surface area contributed by atoms with Crippen LogP contribution in [0.3, 0.4) is 0 Å². The molecule has 158 valence electrons. The number of rotatable bonds is 8. The van der Waals surface area contributed by atoms with Crippen molar-refractivity contribution in [1.82, 2.24) is 19.3 Å². The number of halogens is 1. The molecule has 0 bridgehead atoms. The number of aryl methyl sites for hydroxylation is 1. The van der Waals surface area contributed by atoms with Crippen LogP contribution >= 0.6 is 23.4 Å². The van der Waals surface area contributed by atoms with Gasteiger partial charge in [-0.25, -0.2) is 4.98 Å². The van der Waals surface area contributed by atoms with E-state index in [1.807, 2.05) is 18.2 Å². The van der Waals surface area contributed by atoms with Gasteiger partial charge in [0.15, 0.2) is 5.16 Å². The summed E-state index contributed by atoms with van der Waals surface area (Å²) in [6, 6.07) is 12.5. The van der Waals surface area contributed by atoms with E-state index in [0.29, 0.717) is 51.2 Å². The lowest BCUT2D eigenvalue weighted by molar-refractivity contribution is 0.112. The van der Waals surface area contributed by atoms with Crippen molar-refractivity contribution in [3.05, 3.63) is 81.4 Å². The number of aldehydes is 1. The second kappa shape index (κ2) is 9.36. The molecule has 0 saturated heterocycles. The molecule has 0 radical (unpaired) electrons. The molecular weight excluding hydrogens is 436 g/mol. The molecule has 0 aliphatic carbocycles. The van der Waals surface area contributed by atoms with Crippen LogP contribution in [0.1, 0.15) is 15.9 Å². The Bertz CT molecular complexity index is 1300. The molecule has 0 N–H and O–H groups in total. The quantitative estimate of drug-likeness (QED) is 0.227. The first-order valence-corrected chi connectivity index (χ1v) is 10.9. The summed E-state index contributed by atoms with van der Waals surface area (Å²) in [5, 5.41) is 5.87. The molecule has 4 aromatic rings. The first-order valence-electron chi connectivity index (χ1n) is 9.51. The number of ether oxygens (including phenoxy) is 1. The number of nitrogens with zero attached hydrogens (tertiary/aromatic N) is 4. The molecule has 0 atom stereocenters. The molecular formula is C22H19ClN4O3S. The highest BCUT2D eigenvalue weighted by Crippen LogP contribution is 2.28. The summed E-state index contributed by atoms with van der Waals surface area (Å²) in [6.45, 7) is 0.868. The van der Waals surface area contributed by atoms with E-state index < -0.39 is 0 Å². The Morgan fingerprint density at radius 2 is 2.03 bits per heavy atom. The molecule has 0 aliphatic heterocycles. The molecule has 9 heteroatoms. The summed E-state index contributed by atoms with van der Waals surface area (Å²) in [6.07, 6.45) is 4.07. The number of thioether (sulfide) groups is 1. The predicted molar refractivity (Wildman–Crippen MR) is 121 cm³/mol. The third-order valence-electron chi connectivity index (χ3n) is 4.78. The van der Waals surface area contributed by atoms with Crippen molar-refractivity contribution in [1.29, 1.82) is 0 Å². The maximum absolute atomic E-state index is 13.2. The zero-order chi connectivity index (χ0) is 21.8. The maximum Gasteiger partial charge on any atom is 0.262 e. The maximum atomic E-state index is 13.2. The normalized spacial score (nSPS) is 11.0. The van der Waals surface area contributed by atoms with Gasteiger partial charge in [0, 0.05) is 29.6 Å². The summed E-state index contributed by atoms with van der Waals surface area (Å²) in [5.74, 6) is 1.17. The average molecular weight is 455 g/mol. The van der Waals surface area contributed by atoms with Gasteiger partial charge in [0.2, 0.25) is 0 Å². The highest BCUT2D eigenvalue weighted by atomic mass is 35.5. The molecule has 2 aromatic carbocycles. The topological polar surface area (TPSA) is 79.0 Å². The van der Waals surface area contributed by atoms with E-state index in [-0.39, 0.29) is 5.56 Å². The zero-order valence-electron chi connectivity index (χ0n) is 16.7. The molecule has 0 saturated carbocycles. The SMILES string of the molecule is COc1ccc(C=O)cc1CSc1nc2ccccc2c(=O)n1CCn1cc(Cl)cn1. The second-order valence-corrected chi connectivity index (χ2v) is 8.15. The number of benzene rings is 2. The molecule has 31 heavy (non-hydrogen) atoms. The molecule has 0 unspecified atom stereocenters. The van der Waals surface area contributed by atoms with Crippen molar-refractivity contribution in [2.45, 2.75) is 24.0 Å². The first kappa shape index (κ1) is 21.1. The van der Waals surface area contributed by atoms with Crippen molar-refractivity contribution < 1.29 is 9.53 Å². The Balaban J connectivity index is 1.68. The van der Waals surface area contributed by atoms with Gasteiger partial charge in [0.1, 0.15) is 12.0 Å². The lowest BCUT2D eigenvalue weighted by Gasteiger charge is -2.14. The Labute approximate surface area is 187 Å². The van der Waals surface area contributed by atoms with E-state index in [1.165, 1.54) is 11.8 Å². The van der Waals surface area contributed by atoms with E-state index in [4.69, 9.17) is 21.3 Å². The minimum Gasteiger partial charge on any atom is -0.496 e. The third-order valence-corrected chi connectivity index (χ3v) is 6.00.